The van der Waals surface area contributed by atoms with Crippen LogP contribution in [0.25, 0.3) is 0 Å². The summed E-state index contributed by atoms with van der Waals surface area (Å²) in [5.74, 6) is 1.59. The molecule has 0 atom stereocenters. The number of benzene rings is 1. The summed E-state index contributed by atoms with van der Waals surface area (Å²) < 4.78 is 11.1. The summed E-state index contributed by atoms with van der Waals surface area (Å²) in [6.07, 6.45) is 1.67. The Morgan fingerprint density at radius 1 is 1.33 bits per heavy atom. The summed E-state index contributed by atoms with van der Waals surface area (Å²) >= 11 is 6.08. The molecule has 0 bridgehead atoms. The number of hydrogen-bond acceptors (Lipinski definition) is 3. The van der Waals surface area contributed by atoms with E-state index in [9.17, 15) is 0 Å². The second-order valence-corrected chi connectivity index (χ2v) is 4.53. The van der Waals surface area contributed by atoms with Gasteiger partial charge >= 0.3 is 0 Å². The molecule has 2 aromatic rings. The lowest BCUT2D eigenvalue weighted by molar-refractivity contribution is 0.301. The zero-order valence-corrected chi connectivity index (χ0v) is 11.3. The van der Waals surface area contributed by atoms with Crippen molar-refractivity contribution in [3.63, 3.8) is 0 Å². The van der Waals surface area contributed by atoms with Crippen LogP contribution >= 0.6 is 11.6 Å². The van der Waals surface area contributed by atoms with Gasteiger partial charge in [0.25, 0.3) is 0 Å². The van der Waals surface area contributed by atoms with Crippen molar-refractivity contribution in [2.75, 3.05) is 7.05 Å². The average Bonchev–Trinajstić information content (AvgIpc) is 2.78. The smallest absolute Gasteiger partial charge is 0.138 e. The van der Waals surface area contributed by atoms with Gasteiger partial charge in [-0.25, -0.2) is 0 Å². The van der Waals surface area contributed by atoms with E-state index >= 15 is 0 Å². The van der Waals surface area contributed by atoms with Crippen LogP contribution in [0.5, 0.6) is 5.75 Å². The van der Waals surface area contributed by atoms with Crippen LogP contribution in [-0.4, -0.2) is 7.05 Å². The molecule has 0 fully saturated rings. The highest BCUT2D eigenvalue weighted by Gasteiger charge is 2.08. The molecule has 0 saturated heterocycles. The molecule has 0 spiro atoms. The molecule has 0 amide bonds. The molecule has 0 aliphatic rings. The third-order valence-electron chi connectivity index (χ3n) is 2.64. The summed E-state index contributed by atoms with van der Waals surface area (Å²) in [7, 11) is 1.88. The summed E-state index contributed by atoms with van der Waals surface area (Å²) in [6.45, 7) is 3.15. The van der Waals surface area contributed by atoms with E-state index in [-0.39, 0.29) is 0 Å². The number of ether oxygens (including phenoxy) is 1. The highest BCUT2D eigenvalue weighted by atomic mass is 35.5. The Bertz CT molecular complexity index is 522. The third kappa shape index (κ3) is 3.06. The highest BCUT2D eigenvalue weighted by Crippen LogP contribution is 2.26. The maximum absolute atomic E-state index is 6.08. The molecule has 0 aliphatic heterocycles. The van der Waals surface area contributed by atoms with Gasteiger partial charge in [0.2, 0.25) is 0 Å². The Morgan fingerprint density at radius 2 is 2.17 bits per heavy atom. The van der Waals surface area contributed by atoms with Crippen molar-refractivity contribution in [1.29, 1.82) is 0 Å². The van der Waals surface area contributed by atoms with Crippen LogP contribution in [0, 0.1) is 6.92 Å². The Hall–Kier alpha value is -1.45. The number of furan rings is 1. The first-order valence-electron chi connectivity index (χ1n) is 5.79. The van der Waals surface area contributed by atoms with Crippen LogP contribution in [0.1, 0.15) is 16.9 Å². The van der Waals surface area contributed by atoms with Crippen molar-refractivity contribution < 1.29 is 9.15 Å². The average molecular weight is 266 g/mol. The Balaban J connectivity index is 2.06. The van der Waals surface area contributed by atoms with E-state index in [4.69, 9.17) is 20.8 Å². The van der Waals surface area contributed by atoms with E-state index in [0.29, 0.717) is 23.9 Å². The molecule has 1 N–H and O–H groups in total. The molecule has 1 aromatic carbocycles. The van der Waals surface area contributed by atoms with Crippen LogP contribution in [-0.2, 0) is 13.2 Å². The van der Waals surface area contributed by atoms with Gasteiger partial charge < -0.3 is 14.5 Å². The second-order valence-electron chi connectivity index (χ2n) is 4.12. The Morgan fingerprint density at radius 3 is 2.94 bits per heavy atom. The monoisotopic (exact) mass is 265 g/mol. The van der Waals surface area contributed by atoms with E-state index in [2.05, 4.69) is 5.32 Å². The van der Waals surface area contributed by atoms with Gasteiger partial charge in [-0.1, -0.05) is 17.7 Å². The second kappa shape index (κ2) is 5.94. The van der Waals surface area contributed by atoms with Crippen molar-refractivity contribution in [2.24, 2.45) is 0 Å². The molecular formula is C14H16ClNO2. The van der Waals surface area contributed by atoms with E-state index in [1.165, 1.54) is 0 Å². The van der Waals surface area contributed by atoms with Gasteiger partial charge in [0.15, 0.2) is 0 Å². The summed E-state index contributed by atoms with van der Waals surface area (Å²) in [5.41, 5.74) is 2.15. The van der Waals surface area contributed by atoms with Crippen molar-refractivity contribution >= 4 is 11.6 Å². The maximum Gasteiger partial charge on any atom is 0.138 e. The van der Waals surface area contributed by atoms with Gasteiger partial charge in [-0.05, 0) is 37.7 Å². The molecule has 3 nitrogen and oxygen atoms in total. The molecule has 0 aliphatic carbocycles. The fraction of sp³-hybridized carbons (Fsp3) is 0.286. The minimum atomic E-state index is 0.455. The number of halogens is 1. The van der Waals surface area contributed by atoms with Crippen molar-refractivity contribution in [3.05, 3.63) is 52.4 Å². The van der Waals surface area contributed by atoms with Crippen LogP contribution in [0.3, 0.4) is 0 Å². The van der Waals surface area contributed by atoms with Crippen LogP contribution < -0.4 is 10.1 Å². The zero-order chi connectivity index (χ0) is 13.0. The largest absolute Gasteiger partial charge is 0.487 e. The molecule has 0 saturated carbocycles. The number of aryl methyl sites for hydroxylation is 1. The zero-order valence-electron chi connectivity index (χ0n) is 10.5. The summed E-state index contributed by atoms with van der Waals surface area (Å²) in [6, 6.07) is 7.64. The molecule has 0 radical (unpaired) electrons. The molecule has 1 heterocycles. The molecule has 4 heteroatoms. The molecule has 0 unspecified atom stereocenters. The number of hydrogen-bond donors (Lipinski definition) is 1. The van der Waals surface area contributed by atoms with Gasteiger partial charge in [-0.15, -0.1) is 0 Å². The van der Waals surface area contributed by atoms with E-state index in [0.717, 1.165) is 16.9 Å². The van der Waals surface area contributed by atoms with Crippen molar-refractivity contribution in [2.45, 2.75) is 20.1 Å². The Kier molecular flexibility index (Phi) is 4.28. The van der Waals surface area contributed by atoms with E-state index in [1.54, 1.807) is 6.26 Å². The first-order valence-corrected chi connectivity index (χ1v) is 6.17. The van der Waals surface area contributed by atoms with Gasteiger partial charge in [-0.3, -0.25) is 0 Å². The fourth-order valence-corrected chi connectivity index (χ4v) is 1.86. The molecular weight excluding hydrogens is 250 g/mol. The third-order valence-corrected chi connectivity index (χ3v) is 2.96. The lowest BCUT2D eigenvalue weighted by Crippen LogP contribution is -2.07. The number of rotatable bonds is 5. The molecule has 96 valence electrons. The maximum atomic E-state index is 6.08. The van der Waals surface area contributed by atoms with Crippen LogP contribution in [0.2, 0.25) is 5.02 Å². The van der Waals surface area contributed by atoms with E-state index in [1.807, 2.05) is 38.2 Å². The lowest BCUT2D eigenvalue weighted by atomic mass is 10.2. The standard InChI is InChI=1S/C14H16ClNO2/c1-10-3-4-12(15)13(7-10)18-9-11-5-6-17-14(11)8-16-2/h3-7,16H,8-9H2,1-2H3. The summed E-state index contributed by atoms with van der Waals surface area (Å²) in [5, 5.41) is 3.68. The van der Waals surface area contributed by atoms with Crippen LogP contribution in [0.4, 0.5) is 0 Å². The quantitative estimate of drug-likeness (QED) is 0.898. The lowest BCUT2D eigenvalue weighted by Gasteiger charge is -2.09. The fourth-order valence-electron chi connectivity index (χ4n) is 1.69. The minimum absolute atomic E-state index is 0.455. The number of nitrogens with one attached hydrogen (secondary N) is 1. The van der Waals surface area contributed by atoms with Crippen molar-refractivity contribution in [1.82, 2.24) is 5.32 Å². The van der Waals surface area contributed by atoms with Gasteiger partial charge in [0.1, 0.15) is 18.1 Å². The molecule has 2 rings (SSSR count). The Labute approximate surface area is 112 Å². The normalized spacial score (nSPS) is 10.6. The van der Waals surface area contributed by atoms with Crippen LogP contribution in [0.15, 0.2) is 34.9 Å². The first-order chi connectivity index (χ1) is 8.70. The topological polar surface area (TPSA) is 34.4 Å². The SMILES string of the molecule is CNCc1occc1COc1cc(C)ccc1Cl. The van der Waals surface area contributed by atoms with Crippen molar-refractivity contribution in [3.8, 4) is 5.75 Å². The highest BCUT2D eigenvalue weighted by molar-refractivity contribution is 6.32. The van der Waals surface area contributed by atoms with Gasteiger partial charge in [0, 0.05) is 5.56 Å². The van der Waals surface area contributed by atoms with Gasteiger partial charge in [-0.2, -0.15) is 0 Å². The first kappa shape index (κ1) is 13.0. The van der Waals surface area contributed by atoms with E-state index < -0.39 is 0 Å². The molecule has 18 heavy (non-hydrogen) atoms. The summed E-state index contributed by atoms with van der Waals surface area (Å²) in [4.78, 5) is 0. The molecule has 1 aromatic heterocycles. The predicted octanol–water partition coefficient (Wildman–Crippen LogP) is 3.54. The minimum Gasteiger partial charge on any atom is -0.487 e. The van der Waals surface area contributed by atoms with Gasteiger partial charge in [0.05, 0.1) is 17.8 Å². The predicted molar refractivity (Wildman–Crippen MR) is 72.0 cm³/mol.